The van der Waals surface area contributed by atoms with Crippen LogP contribution in [0.1, 0.15) is 66.9 Å². The summed E-state index contributed by atoms with van der Waals surface area (Å²) in [6.07, 6.45) is 4.13. The minimum absolute atomic E-state index is 0.132. The number of carbonyl (C=O) groups is 1. The predicted molar refractivity (Wildman–Crippen MR) is 124 cm³/mol. The van der Waals surface area contributed by atoms with Crippen LogP contribution in [-0.2, 0) is 10.8 Å². The number of hydrogen-bond acceptors (Lipinski definition) is 4. The molecule has 0 spiro atoms. The highest BCUT2D eigenvalue weighted by molar-refractivity contribution is 7.16. The van der Waals surface area contributed by atoms with Crippen molar-refractivity contribution in [3.63, 3.8) is 0 Å². The van der Waals surface area contributed by atoms with Crippen LogP contribution < -0.4 is 4.90 Å². The van der Waals surface area contributed by atoms with Crippen LogP contribution in [0, 0.1) is 6.92 Å². The molecule has 0 unspecified atom stereocenters. The third kappa shape index (κ3) is 3.41. The van der Waals surface area contributed by atoms with Crippen molar-refractivity contribution in [3.8, 4) is 0 Å². The normalized spacial score (nSPS) is 16.7. The molecular weight excluding hydrogens is 392 g/mol. The molecule has 30 heavy (non-hydrogen) atoms. The van der Waals surface area contributed by atoms with Gasteiger partial charge in [0, 0.05) is 16.8 Å². The largest absolute Gasteiger partial charge is 0.478 e. The molecule has 0 atom stereocenters. The van der Waals surface area contributed by atoms with Crippen LogP contribution in [0.5, 0.6) is 0 Å². The maximum Gasteiger partial charge on any atom is 0.335 e. The molecule has 4 rings (SSSR count). The first kappa shape index (κ1) is 20.6. The van der Waals surface area contributed by atoms with E-state index in [0.717, 1.165) is 16.5 Å². The van der Waals surface area contributed by atoms with E-state index in [-0.39, 0.29) is 16.4 Å². The molecule has 0 saturated heterocycles. The van der Waals surface area contributed by atoms with E-state index in [1.807, 2.05) is 41.7 Å². The Morgan fingerprint density at radius 2 is 1.70 bits per heavy atom. The minimum atomic E-state index is -0.919. The van der Waals surface area contributed by atoms with Crippen molar-refractivity contribution in [2.24, 2.45) is 0 Å². The van der Waals surface area contributed by atoms with Crippen molar-refractivity contribution in [2.75, 3.05) is 4.90 Å². The van der Waals surface area contributed by atoms with Crippen LogP contribution in [-0.4, -0.2) is 16.1 Å². The highest BCUT2D eigenvalue weighted by atomic mass is 32.1. The topological polar surface area (TPSA) is 53.4 Å². The molecular formula is C25H28N2O2S. The van der Waals surface area contributed by atoms with Gasteiger partial charge in [0.15, 0.2) is 0 Å². The minimum Gasteiger partial charge on any atom is -0.478 e. The second-order valence-corrected chi connectivity index (χ2v) is 10.4. The van der Waals surface area contributed by atoms with E-state index in [9.17, 15) is 9.90 Å². The van der Waals surface area contributed by atoms with Crippen molar-refractivity contribution in [2.45, 2.75) is 58.3 Å². The summed E-state index contributed by atoms with van der Waals surface area (Å²) in [5, 5.41) is 10.5. The number of pyridine rings is 1. The number of aromatic nitrogens is 1. The van der Waals surface area contributed by atoms with E-state index in [2.05, 4.69) is 44.5 Å². The fraction of sp³-hybridized carbons (Fsp3) is 0.360. The number of carboxylic acid groups (broad SMARTS) is 1. The van der Waals surface area contributed by atoms with Crippen molar-refractivity contribution in [1.82, 2.24) is 4.98 Å². The number of rotatable bonds is 4. The maximum absolute atomic E-state index is 11.3. The van der Waals surface area contributed by atoms with Gasteiger partial charge in [-0.05, 0) is 78.1 Å². The summed E-state index contributed by atoms with van der Waals surface area (Å²) >= 11 is 1.85. The third-order valence-corrected chi connectivity index (χ3v) is 7.88. The summed E-state index contributed by atoms with van der Waals surface area (Å²) in [5.41, 5.74) is 4.22. The second-order valence-electron chi connectivity index (χ2n) is 9.38. The van der Waals surface area contributed by atoms with Crippen molar-refractivity contribution in [3.05, 3.63) is 70.2 Å². The molecule has 1 aromatic carbocycles. The lowest BCUT2D eigenvalue weighted by Gasteiger charge is -2.39. The fourth-order valence-electron chi connectivity index (χ4n) is 4.46. The number of hydrogen-bond donors (Lipinski definition) is 1. The zero-order chi connectivity index (χ0) is 21.7. The number of benzene rings is 1. The Hall–Kier alpha value is -2.66. The molecule has 1 aliphatic rings. The van der Waals surface area contributed by atoms with E-state index in [1.54, 1.807) is 18.3 Å². The van der Waals surface area contributed by atoms with E-state index in [4.69, 9.17) is 0 Å². The zero-order valence-corrected chi connectivity index (χ0v) is 19.0. The van der Waals surface area contributed by atoms with Crippen LogP contribution in [0.25, 0.3) is 0 Å². The van der Waals surface area contributed by atoms with E-state index in [1.165, 1.54) is 28.8 Å². The highest BCUT2D eigenvalue weighted by Crippen LogP contribution is 2.55. The average molecular weight is 421 g/mol. The summed E-state index contributed by atoms with van der Waals surface area (Å²) in [4.78, 5) is 19.6. The molecule has 0 amide bonds. The molecule has 1 N–H and O–H groups in total. The van der Waals surface area contributed by atoms with Gasteiger partial charge in [-0.1, -0.05) is 33.8 Å². The summed E-state index contributed by atoms with van der Waals surface area (Å²) in [6, 6.07) is 12.9. The number of aromatic carboxylic acids is 1. The first-order valence-corrected chi connectivity index (χ1v) is 11.1. The molecule has 0 fully saturated rings. The molecule has 0 radical (unpaired) electrons. The Morgan fingerprint density at radius 3 is 2.27 bits per heavy atom. The van der Waals surface area contributed by atoms with Crippen LogP contribution in [0.2, 0.25) is 0 Å². The molecule has 3 aromatic rings. The molecule has 4 nitrogen and oxygen atoms in total. The Balaban J connectivity index is 1.93. The Bertz CT molecular complexity index is 1080. The van der Waals surface area contributed by atoms with Gasteiger partial charge in [0.2, 0.25) is 0 Å². The van der Waals surface area contributed by atoms with Crippen LogP contribution in [0.4, 0.5) is 16.5 Å². The van der Waals surface area contributed by atoms with Gasteiger partial charge < -0.3 is 5.11 Å². The van der Waals surface area contributed by atoms with E-state index in [0.29, 0.717) is 0 Å². The first-order chi connectivity index (χ1) is 14.1. The molecule has 5 heteroatoms. The lowest BCUT2D eigenvalue weighted by molar-refractivity contribution is 0.0697. The Morgan fingerprint density at radius 1 is 1.03 bits per heavy atom. The molecule has 0 bridgehead atoms. The van der Waals surface area contributed by atoms with Gasteiger partial charge in [-0.15, -0.1) is 11.3 Å². The van der Waals surface area contributed by atoms with Gasteiger partial charge in [-0.2, -0.15) is 0 Å². The smallest absolute Gasteiger partial charge is 0.335 e. The molecule has 2 aromatic heterocycles. The average Bonchev–Trinajstić information content (AvgIpc) is 3.07. The van der Waals surface area contributed by atoms with Crippen LogP contribution >= 0.6 is 11.3 Å². The number of fused-ring (bicyclic) bond motifs is 1. The first-order valence-electron chi connectivity index (χ1n) is 10.3. The predicted octanol–water partition coefficient (Wildman–Crippen LogP) is 6.97. The Labute approximate surface area is 182 Å². The Kier molecular flexibility index (Phi) is 4.97. The highest BCUT2D eigenvalue weighted by Gasteiger charge is 2.41. The quantitative estimate of drug-likeness (QED) is 0.495. The maximum atomic E-state index is 11.3. The summed E-state index contributed by atoms with van der Waals surface area (Å²) in [5.74, 6) is -0.0879. The van der Waals surface area contributed by atoms with Crippen molar-refractivity contribution < 1.29 is 9.90 Å². The van der Waals surface area contributed by atoms with E-state index >= 15 is 0 Å². The molecule has 0 aliphatic heterocycles. The summed E-state index contributed by atoms with van der Waals surface area (Å²) in [7, 11) is 0. The lowest BCUT2D eigenvalue weighted by Crippen LogP contribution is -2.32. The van der Waals surface area contributed by atoms with Crippen LogP contribution in [0.15, 0.2) is 48.7 Å². The monoisotopic (exact) mass is 420 g/mol. The van der Waals surface area contributed by atoms with E-state index < -0.39 is 5.97 Å². The zero-order valence-electron chi connectivity index (χ0n) is 18.2. The number of thiophene rings is 1. The standard InChI is InChI=1S/C25H28N2O2S/c1-16-20-21(25(4,5)14-13-24(20,2)3)30-22(16)27(19-8-6-7-15-26-19)18-11-9-17(10-12-18)23(28)29/h6-12,15H,13-14H2,1-5H3,(H,28,29). The fourth-order valence-corrected chi connectivity index (χ4v) is 6.11. The van der Waals surface area contributed by atoms with Gasteiger partial charge in [0.25, 0.3) is 0 Å². The third-order valence-electron chi connectivity index (χ3n) is 6.24. The van der Waals surface area contributed by atoms with Crippen molar-refractivity contribution >= 4 is 33.8 Å². The van der Waals surface area contributed by atoms with Gasteiger partial charge in [0.1, 0.15) is 10.8 Å². The SMILES string of the molecule is Cc1c(N(c2ccc(C(=O)O)cc2)c2ccccn2)sc2c1C(C)(C)CCC2(C)C. The van der Waals surface area contributed by atoms with Gasteiger partial charge >= 0.3 is 5.97 Å². The molecule has 0 saturated carbocycles. The number of nitrogens with zero attached hydrogens (tertiary/aromatic N) is 2. The summed E-state index contributed by atoms with van der Waals surface area (Å²) < 4.78 is 0. The van der Waals surface area contributed by atoms with Gasteiger partial charge in [-0.25, -0.2) is 9.78 Å². The molecule has 1 aliphatic carbocycles. The molecule has 2 heterocycles. The lowest BCUT2D eigenvalue weighted by atomic mass is 9.66. The van der Waals surface area contributed by atoms with Gasteiger partial charge in [-0.3, -0.25) is 4.90 Å². The second kappa shape index (κ2) is 7.24. The van der Waals surface area contributed by atoms with Crippen molar-refractivity contribution in [1.29, 1.82) is 0 Å². The molecule has 156 valence electrons. The number of anilines is 3. The number of carboxylic acids is 1. The van der Waals surface area contributed by atoms with Gasteiger partial charge in [0.05, 0.1) is 5.56 Å². The summed E-state index contributed by atoms with van der Waals surface area (Å²) in [6.45, 7) is 11.6. The van der Waals surface area contributed by atoms with Crippen LogP contribution in [0.3, 0.4) is 0 Å².